The van der Waals surface area contributed by atoms with Crippen molar-refractivity contribution in [2.75, 3.05) is 11.9 Å². The number of hydrogen-bond acceptors (Lipinski definition) is 3. The van der Waals surface area contributed by atoms with Crippen molar-refractivity contribution in [2.45, 2.75) is 13.0 Å². The first-order valence-corrected chi connectivity index (χ1v) is 6.87. The van der Waals surface area contributed by atoms with E-state index in [0.717, 1.165) is 11.3 Å². The molecule has 1 aromatic carbocycles. The molecule has 0 spiro atoms. The number of aromatic nitrogens is 1. The minimum absolute atomic E-state index is 0.0564. The molecule has 1 unspecified atom stereocenters. The number of hydrogen-bond donors (Lipinski definition) is 2. The predicted octanol–water partition coefficient (Wildman–Crippen LogP) is 3.17. The van der Waals surface area contributed by atoms with E-state index in [1.807, 2.05) is 43.3 Å². The predicted molar refractivity (Wildman–Crippen MR) is 85.2 cm³/mol. The minimum atomic E-state index is -0.179. The van der Waals surface area contributed by atoms with Crippen molar-refractivity contribution in [3.8, 4) is 0 Å². The highest BCUT2D eigenvalue weighted by atomic mass is 16.1. The summed E-state index contributed by atoms with van der Waals surface area (Å²) in [5.74, 6) is -0.179. The van der Waals surface area contributed by atoms with Gasteiger partial charge in [0.15, 0.2) is 0 Å². The molecule has 0 aliphatic heterocycles. The summed E-state index contributed by atoms with van der Waals surface area (Å²) in [7, 11) is 0. The number of benzene rings is 1. The van der Waals surface area contributed by atoms with Crippen LogP contribution in [0.25, 0.3) is 0 Å². The molecule has 108 valence electrons. The number of carbonyl (C=O) groups excluding carboxylic acids is 1. The van der Waals surface area contributed by atoms with Gasteiger partial charge in [-0.2, -0.15) is 0 Å². The summed E-state index contributed by atoms with van der Waals surface area (Å²) in [6.45, 7) is 6.25. The van der Waals surface area contributed by atoms with Crippen LogP contribution in [0.4, 0.5) is 5.69 Å². The fourth-order valence-electron chi connectivity index (χ4n) is 1.92. The number of nitrogens with zero attached hydrogens (tertiary/aromatic N) is 1. The van der Waals surface area contributed by atoms with E-state index in [4.69, 9.17) is 0 Å². The van der Waals surface area contributed by atoms with Crippen LogP contribution in [-0.4, -0.2) is 17.4 Å². The third-order valence-corrected chi connectivity index (χ3v) is 3.09. The summed E-state index contributed by atoms with van der Waals surface area (Å²) in [5.41, 5.74) is 2.33. The van der Waals surface area contributed by atoms with E-state index in [2.05, 4.69) is 22.2 Å². The first-order valence-electron chi connectivity index (χ1n) is 6.87. The van der Waals surface area contributed by atoms with Crippen LogP contribution in [0.1, 0.15) is 29.0 Å². The Kier molecular flexibility index (Phi) is 5.10. The molecule has 0 fully saturated rings. The van der Waals surface area contributed by atoms with Crippen LogP contribution in [0.5, 0.6) is 0 Å². The van der Waals surface area contributed by atoms with Crippen LogP contribution >= 0.6 is 0 Å². The summed E-state index contributed by atoms with van der Waals surface area (Å²) in [4.78, 5) is 16.3. The van der Waals surface area contributed by atoms with Crippen LogP contribution in [0.2, 0.25) is 0 Å². The van der Waals surface area contributed by atoms with E-state index >= 15 is 0 Å². The summed E-state index contributed by atoms with van der Waals surface area (Å²) in [6.07, 6.45) is 3.41. The number of rotatable bonds is 6. The maximum absolute atomic E-state index is 12.1. The lowest BCUT2D eigenvalue weighted by molar-refractivity contribution is 0.0935. The first kappa shape index (κ1) is 14.8. The van der Waals surface area contributed by atoms with Crippen molar-refractivity contribution < 1.29 is 4.79 Å². The Morgan fingerprint density at radius 3 is 2.67 bits per heavy atom. The van der Waals surface area contributed by atoms with Gasteiger partial charge in [-0.05, 0) is 24.6 Å². The van der Waals surface area contributed by atoms with E-state index in [1.54, 1.807) is 18.3 Å². The van der Waals surface area contributed by atoms with Gasteiger partial charge < -0.3 is 10.6 Å². The molecule has 2 rings (SSSR count). The van der Waals surface area contributed by atoms with Gasteiger partial charge in [0.05, 0.1) is 17.9 Å². The van der Waals surface area contributed by atoms with Crippen LogP contribution in [-0.2, 0) is 0 Å². The molecule has 0 aliphatic rings. The molecule has 1 atom stereocenters. The number of anilines is 1. The van der Waals surface area contributed by atoms with Gasteiger partial charge in [-0.1, -0.05) is 36.4 Å². The highest BCUT2D eigenvalue weighted by Gasteiger charge is 2.12. The van der Waals surface area contributed by atoms with Gasteiger partial charge in [0.2, 0.25) is 0 Å². The van der Waals surface area contributed by atoms with Crippen molar-refractivity contribution in [2.24, 2.45) is 0 Å². The highest BCUT2D eigenvalue weighted by Crippen LogP contribution is 2.12. The van der Waals surface area contributed by atoms with Crippen molar-refractivity contribution in [1.82, 2.24) is 10.3 Å². The third kappa shape index (κ3) is 4.18. The van der Waals surface area contributed by atoms with Crippen LogP contribution in [0.3, 0.4) is 0 Å². The summed E-state index contributed by atoms with van der Waals surface area (Å²) >= 11 is 0. The molecule has 2 N–H and O–H groups in total. The third-order valence-electron chi connectivity index (χ3n) is 3.09. The molecule has 0 bridgehead atoms. The number of nitrogens with one attached hydrogen (secondary N) is 2. The van der Waals surface area contributed by atoms with E-state index < -0.39 is 0 Å². The highest BCUT2D eigenvalue weighted by molar-refractivity contribution is 5.92. The molecular formula is C17H19N3O. The molecular weight excluding hydrogens is 262 g/mol. The largest absolute Gasteiger partial charge is 0.380 e. The Bertz CT molecular complexity index is 593. The smallest absolute Gasteiger partial charge is 0.270 e. The normalized spacial score (nSPS) is 11.5. The Morgan fingerprint density at radius 2 is 2.05 bits per heavy atom. The molecule has 4 heteroatoms. The lowest BCUT2D eigenvalue weighted by Crippen LogP contribution is -2.27. The van der Waals surface area contributed by atoms with Crippen LogP contribution in [0, 0.1) is 0 Å². The SMILES string of the molecule is C=CCNc1ccc(C(=O)NC(C)c2ccccc2)nc1. The molecule has 1 amide bonds. The van der Waals surface area contributed by atoms with Gasteiger partial charge in [-0.25, -0.2) is 4.98 Å². The van der Waals surface area contributed by atoms with E-state index in [-0.39, 0.29) is 11.9 Å². The Hall–Kier alpha value is -2.62. The lowest BCUT2D eigenvalue weighted by Gasteiger charge is -2.14. The maximum atomic E-state index is 12.1. The molecule has 4 nitrogen and oxygen atoms in total. The number of carbonyl (C=O) groups is 1. The second-order valence-corrected chi connectivity index (χ2v) is 4.71. The van der Waals surface area contributed by atoms with Crippen LogP contribution in [0.15, 0.2) is 61.3 Å². The second kappa shape index (κ2) is 7.24. The Labute approximate surface area is 124 Å². The Balaban J connectivity index is 1.98. The van der Waals surface area contributed by atoms with Crippen molar-refractivity contribution in [1.29, 1.82) is 0 Å². The fourth-order valence-corrected chi connectivity index (χ4v) is 1.92. The quantitative estimate of drug-likeness (QED) is 0.800. The average molecular weight is 281 g/mol. The monoisotopic (exact) mass is 281 g/mol. The molecule has 1 aromatic heterocycles. The molecule has 1 heterocycles. The van der Waals surface area contributed by atoms with Crippen molar-refractivity contribution in [3.63, 3.8) is 0 Å². The van der Waals surface area contributed by atoms with Gasteiger partial charge in [-0.3, -0.25) is 4.79 Å². The van der Waals surface area contributed by atoms with Crippen LogP contribution < -0.4 is 10.6 Å². The number of pyridine rings is 1. The molecule has 2 aromatic rings. The zero-order valence-electron chi connectivity index (χ0n) is 12.0. The molecule has 0 saturated heterocycles. The second-order valence-electron chi connectivity index (χ2n) is 4.71. The van der Waals surface area contributed by atoms with E-state index in [1.165, 1.54) is 0 Å². The number of amides is 1. The van der Waals surface area contributed by atoms with Crippen molar-refractivity contribution in [3.05, 3.63) is 72.6 Å². The van der Waals surface area contributed by atoms with Gasteiger partial charge in [0, 0.05) is 6.54 Å². The molecule has 0 radical (unpaired) electrons. The van der Waals surface area contributed by atoms with Gasteiger partial charge in [0.1, 0.15) is 5.69 Å². The summed E-state index contributed by atoms with van der Waals surface area (Å²) in [5, 5.41) is 6.05. The molecule has 21 heavy (non-hydrogen) atoms. The van der Waals surface area contributed by atoms with Gasteiger partial charge >= 0.3 is 0 Å². The van der Waals surface area contributed by atoms with Gasteiger partial charge in [0.25, 0.3) is 5.91 Å². The zero-order chi connectivity index (χ0) is 15.1. The summed E-state index contributed by atoms with van der Waals surface area (Å²) in [6, 6.07) is 13.3. The minimum Gasteiger partial charge on any atom is -0.380 e. The van der Waals surface area contributed by atoms with Gasteiger partial charge in [-0.15, -0.1) is 6.58 Å². The molecule has 0 aliphatic carbocycles. The topological polar surface area (TPSA) is 54.0 Å². The average Bonchev–Trinajstić information content (AvgIpc) is 2.54. The zero-order valence-corrected chi connectivity index (χ0v) is 12.0. The Morgan fingerprint density at radius 1 is 1.29 bits per heavy atom. The van der Waals surface area contributed by atoms with E-state index in [0.29, 0.717) is 12.2 Å². The van der Waals surface area contributed by atoms with Crippen molar-refractivity contribution >= 4 is 11.6 Å². The lowest BCUT2D eigenvalue weighted by atomic mass is 10.1. The molecule has 0 saturated carbocycles. The maximum Gasteiger partial charge on any atom is 0.270 e. The fraction of sp³-hybridized carbons (Fsp3) is 0.176. The summed E-state index contributed by atoms with van der Waals surface area (Å²) < 4.78 is 0. The first-order chi connectivity index (χ1) is 10.2. The standard InChI is InChI=1S/C17H19N3O/c1-3-11-18-15-9-10-16(19-12-15)17(21)20-13(2)14-7-5-4-6-8-14/h3-10,12-13,18H,1,11H2,2H3,(H,20,21). The van der Waals surface area contributed by atoms with E-state index in [9.17, 15) is 4.79 Å².